The van der Waals surface area contributed by atoms with E-state index < -0.39 is 0 Å². The summed E-state index contributed by atoms with van der Waals surface area (Å²) in [5.41, 5.74) is 2.20. The van der Waals surface area contributed by atoms with Crippen molar-refractivity contribution in [1.82, 2.24) is 0 Å². The van der Waals surface area contributed by atoms with E-state index in [9.17, 15) is 4.79 Å². The molecule has 0 heterocycles. The quantitative estimate of drug-likeness (QED) is 0.602. The molecule has 0 bridgehead atoms. The highest BCUT2D eigenvalue weighted by atomic mass is 35.5. The first-order valence-electron chi connectivity index (χ1n) is 6.46. The maximum atomic E-state index is 12.8. The van der Waals surface area contributed by atoms with E-state index in [1.165, 1.54) is 0 Å². The van der Waals surface area contributed by atoms with Gasteiger partial charge >= 0.3 is 0 Å². The molecule has 0 radical (unpaired) electrons. The molecule has 0 aliphatic rings. The van der Waals surface area contributed by atoms with Gasteiger partial charge in [0, 0.05) is 16.1 Å². The predicted molar refractivity (Wildman–Crippen MR) is 83.6 cm³/mol. The van der Waals surface area contributed by atoms with Gasteiger partial charge in [0.15, 0.2) is 5.78 Å². The molecular weight excluding hydrogens is 268 g/mol. The summed E-state index contributed by atoms with van der Waals surface area (Å²) in [6, 6.07) is 19.1. The highest BCUT2D eigenvalue weighted by Crippen LogP contribution is 2.25. The fourth-order valence-electron chi connectivity index (χ4n) is 2.42. The average Bonchev–Trinajstić information content (AvgIpc) is 2.49. The Morgan fingerprint density at radius 2 is 1.50 bits per heavy atom. The first kappa shape index (κ1) is 12.9. The van der Waals surface area contributed by atoms with Crippen LogP contribution in [0.5, 0.6) is 0 Å². The third kappa shape index (κ3) is 2.10. The summed E-state index contributed by atoms with van der Waals surface area (Å²) < 4.78 is 0. The van der Waals surface area contributed by atoms with Crippen LogP contribution in [0.1, 0.15) is 21.5 Å². The van der Waals surface area contributed by atoms with E-state index in [-0.39, 0.29) is 5.78 Å². The number of rotatable bonds is 2. The van der Waals surface area contributed by atoms with Gasteiger partial charge < -0.3 is 0 Å². The summed E-state index contributed by atoms with van der Waals surface area (Å²) >= 11 is 6.11. The van der Waals surface area contributed by atoms with Crippen LogP contribution in [-0.4, -0.2) is 5.78 Å². The molecule has 0 spiro atoms. The summed E-state index contributed by atoms with van der Waals surface area (Å²) in [7, 11) is 0. The summed E-state index contributed by atoms with van der Waals surface area (Å²) in [5.74, 6) is 0.0156. The Hall–Kier alpha value is -2.12. The van der Waals surface area contributed by atoms with Gasteiger partial charge in [-0.3, -0.25) is 4.79 Å². The van der Waals surface area contributed by atoms with Gasteiger partial charge in [0.1, 0.15) is 0 Å². The van der Waals surface area contributed by atoms with E-state index in [0.717, 1.165) is 16.3 Å². The lowest BCUT2D eigenvalue weighted by Crippen LogP contribution is -2.04. The zero-order valence-electron chi connectivity index (χ0n) is 11.1. The molecule has 98 valence electrons. The van der Waals surface area contributed by atoms with Crippen molar-refractivity contribution >= 4 is 28.2 Å². The zero-order valence-corrected chi connectivity index (χ0v) is 11.8. The number of fused-ring (bicyclic) bond motifs is 1. The van der Waals surface area contributed by atoms with Crippen LogP contribution in [0.2, 0.25) is 5.02 Å². The molecule has 0 atom stereocenters. The Morgan fingerprint density at radius 1 is 0.850 bits per heavy atom. The molecule has 2 heteroatoms. The van der Waals surface area contributed by atoms with Gasteiger partial charge in [-0.05, 0) is 29.3 Å². The minimum atomic E-state index is 0.0156. The number of carbonyl (C=O) groups excluding carboxylic acids is 1. The molecule has 20 heavy (non-hydrogen) atoms. The Kier molecular flexibility index (Phi) is 3.29. The molecule has 3 aromatic carbocycles. The average molecular weight is 281 g/mol. The highest BCUT2D eigenvalue weighted by molar-refractivity contribution is 6.32. The van der Waals surface area contributed by atoms with Crippen molar-refractivity contribution in [3.8, 4) is 0 Å². The predicted octanol–water partition coefficient (Wildman–Crippen LogP) is 5.03. The van der Waals surface area contributed by atoms with Crippen LogP contribution >= 0.6 is 11.6 Å². The second-order valence-electron chi connectivity index (χ2n) is 4.77. The number of hydrogen-bond acceptors (Lipinski definition) is 1. The smallest absolute Gasteiger partial charge is 0.193 e. The van der Waals surface area contributed by atoms with E-state index in [0.29, 0.717) is 16.1 Å². The van der Waals surface area contributed by atoms with Gasteiger partial charge in [0.25, 0.3) is 0 Å². The molecule has 0 saturated heterocycles. The van der Waals surface area contributed by atoms with Crippen LogP contribution < -0.4 is 0 Å². The lowest BCUT2D eigenvalue weighted by molar-refractivity contribution is 0.103. The molecule has 3 rings (SSSR count). The zero-order chi connectivity index (χ0) is 14.1. The van der Waals surface area contributed by atoms with Gasteiger partial charge in [-0.25, -0.2) is 0 Å². The fourth-order valence-corrected chi connectivity index (χ4v) is 2.60. The van der Waals surface area contributed by atoms with Crippen molar-refractivity contribution in [2.45, 2.75) is 6.92 Å². The van der Waals surface area contributed by atoms with Crippen molar-refractivity contribution < 1.29 is 4.79 Å². The van der Waals surface area contributed by atoms with Crippen molar-refractivity contribution in [2.24, 2.45) is 0 Å². The van der Waals surface area contributed by atoms with Gasteiger partial charge in [0.05, 0.1) is 0 Å². The van der Waals surface area contributed by atoms with Gasteiger partial charge in [-0.1, -0.05) is 66.2 Å². The van der Waals surface area contributed by atoms with Crippen LogP contribution in [-0.2, 0) is 0 Å². The van der Waals surface area contributed by atoms with Crippen molar-refractivity contribution in [3.63, 3.8) is 0 Å². The molecule has 0 aliphatic carbocycles. The fraction of sp³-hybridized carbons (Fsp3) is 0.0556. The Bertz CT molecular complexity index is 800. The maximum Gasteiger partial charge on any atom is 0.193 e. The van der Waals surface area contributed by atoms with Crippen LogP contribution in [0.3, 0.4) is 0 Å². The van der Waals surface area contributed by atoms with Crippen LogP contribution in [0.4, 0.5) is 0 Å². The SMILES string of the molecule is Cc1c(Cl)cccc1C(=O)c1cccc2ccccc12. The molecule has 0 unspecified atom stereocenters. The molecule has 0 saturated carbocycles. The minimum absolute atomic E-state index is 0.0156. The summed E-state index contributed by atoms with van der Waals surface area (Å²) in [6.07, 6.45) is 0. The minimum Gasteiger partial charge on any atom is -0.289 e. The first-order chi connectivity index (χ1) is 9.68. The molecule has 0 aromatic heterocycles. The van der Waals surface area contributed by atoms with Crippen molar-refractivity contribution in [3.05, 3.63) is 82.4 Å². The molecule has 0 fully saturated rings. The largest absolute Gasteiger partial charge is 0.289 e. The lowest BCUT2D eigenvalue weighted by Gasteiger charge is -2.09. The van der Waals surface area contributed by atoms with Gasteiger partial charge in [-0.15, -0.1) is 0 Å². The second kappa shape index (κ2) is 5.10. The number of hydrogen-bond donors (Lipinski definition) is 0. The number of carbonyl (C=O) groups is 1. The molecule has 0 N–H and O–H groups in total. The summed E-state index contributed by atoms with van der Waals surface area (Å²) in [6.45, 7) is 1.88. The van der Waals surface area contributed by atoms with E-state index in [4.69, 9.17) is 11.6 Å². The topological polar surface area (TPSA) is 17.1 Å². The van der Waals surface area contributed by atoms with Crippen molar-refractivity contribution in [1.29, 1.82) is 0 Å². The van der Waals surface area contributed by atoms with E-state index >= 15 is 0 Å². The number of ketones is 1. The monoisotopic (exact) mass is 280 g/mol. The van der Waals surface area contributed by atoms with Crippen LogP contribution in [0, 0.1) is 6.92 Å². The maximum absolute atomic E-state index is 12.8. The molecular formula is C18H13ClO. The third-order valence-electron chi connectivity index (χ3n) is 3.55. The van der Waals surface area contributed by atoms with Crippen molar-refractivity contribution in [2.75, 3.05) is 0 Å². The molecule has 0 amide bonds. The summed E-state index contributed by atoms with van der Waals surface area (Å²) in [5, 5.41) is 2.66. The van der Waals surface area contributed by atoms with E-state index in [1.54, 1.807) is 6.07 Å². The Labute approximate surface area is 122 Å². The third-order valence-corrected chi connectivity index (χ3v) is 3.96. The normalized spacial score (nSPS) is 10.7. The van der Waals surface area contributed by atoms with Gasteiger partial charge in [0.2, 0.25) is 0 Å². The van der Waals surface area contributed by atoms with Crippen LogP contribution in [0.25, 0.3) is 10.8 Å². The molecule has 0 aliphatic heterocycles. The van der Waals surface area contributed by atoms with E-state index in [2.05, 4.69) is 0 Å². The van der Waals surface area contributed by atoms with Crippen LogP contribution in [0.15, 0.2) is 60.7 Å². The molecule has 3 aromatic rings. The number of benzene rings is 3. The standard InChI is InChI=1S/C18H13ClO/c1-12-14(9-5-11-17(12)19)18(20)16-10-4-7-13-6-2-3-8-15(13)16/h2-11H,1H3. The Morgan fingerprint density at radius 3 is 2.35 bits per heavy atom. The molecule has 1 nitrogen and oxygen atoms in total. The van der Waals surface area contributed by atoms with E-state index in [1.807, 2.05) is 61.5 Å². The summed E-state index contributed by atoms with van der Waals surface area (Å²) in [4.78, 5) is 12.8. The second-order valence-corrected chi connectivity index (χ2v) is 5.18. The Balaban J connectivity index is 2.21. The number of halogens is 1. The highest BCUT2D eigenvalue weighted by Gasteiger charge is 2.15. The lowest BCUT2D eigenvalue weighted by atomic mass is 9.95. The van der Waals surface area contributed by atoms with Gasteiger partial charge in [-0.2, -0.15) is 0 Å². The first-order valence-corrected chi connectivity index (χ1v) is 6.84.